The van der Waals surface area contributed by atoms with E-state index in [2.05, 4.69) is 10.6 Å². The molecule has 2 N–H and O–H groups in total. The molecule has 9 heteroatoms. The number of rotatable bonds is 9. The van der Waals surface area contributed by atoms with Gasteiger partial charge < -0.3 is 24.5 Å². The SMILES string of the molecule is COCCNC(=O)C1C(c2cccc(NC(=O)c3ccco3)c2)OC(=O)N1Cc1ccccc1. The highest BCUT2D eigenvalue weighted by Gasteiger charge is 2.47. The summed E-state index contributed by atoms with van der Waals surface area (Å²) in [6, 6.07) is 18.5. The summed E-state index contributed by atoms with van der Waals surface area (Å²) in [5, 5.41) is 5.56. The summed E-state index contributed by atoms with van der Waals surface area (Å²) < 4.78 is 15.8. The summed E-state index contributed by atoms with van der Waals surface area (Å²) >= 11 is 0. The van der Waals surface area contributed by atoms with Crippen molar-refractivity contribution in [2.45, 2.75) is 18.7 Å². The Morgan fingerprint density at radius 1 is 1.06 bits per heavy atom. The van der Waals surface area contributed by atoms with E-state index in [9.17, 15) is 14.4 Å². The monoisotopic (exact) mass is 463 g/mol. The first-order chi connectivity index (χ1) is 16.6. The van der Waals surface area contributed by atoms with Crippen LogP contribution in [0.4, 0.5) is 10.5 Å². The van der Waals surface area contributed by atoms with Gasteiger partial charge in [-0.25, -0.2) is 4.79 Å². The molecule has 9 nitrogen and oxygen atoms in total. The van der Waals surface area contributed by atoms with Gasteiger partial charge in [0.2, 0.25) is 5.91 Å². The second kappa shape index (κ2) is 10.7. The number of cyclic esters (lactones) is 1. The Kier molecular flexibility index (Phi) is 7.24. The van der Waals surface area contributed by atoms with Crippen LogP contribution >= 0.6 is 0 Å². The largest absolute Gasteiger partial charge is 0.459 e. The number of nitrogens with zero attached hydrogens (tertiary/aromatic N) is 1. The van der Waals surface area contributed by atoms with Crippen molar-refractivity contribution >= 4 is 23.6 Å². The molecule has 3 amide bonds. The molecule has 1 aromatic heterocycles. The number of amides is 3. The van der Waals surface area contributed by atoms with Crippen LogP contribution < -0.4 is 10.6 Å². The maximum absolute atomic E-state index is 13.1. The number of nitrogens with one attached hydrogen (secondary N) is 2. The number of hydrogen-bond donors (Lipinski definition) is 2. The van der Waals surface area contributed by atoms with Crippen molar-refractivity contribution in [1.29, 1.82) is 0 Å². The van der Waals surface area contributed by atoms with Crippen molar-refractivity contribution in [3.8, 4) is 0 Å². The van der Waals surface area contributed by atoms with Gasteiger partial charge in [-0.1, -0.05) is 42.5 Å². The smallest absolute Gasteiger partial charge is 0.411 e. The van der Waals surface area contributed by atoms with E-state index in [1.54, 1.807) is 43.5 Å². The third-order valence-corrected chi connectivity index (χ3v) is 5.37. The zero-order chi connectivity index (χ0) is 23.9. The van der Waals surface area contributed by atoms with E-state index in [0.29, 0.717) is 24.4 Å². The Morgan fingerprint density at radius 3 is 2.62 bits per heavy atom. The quantitative estimate of drug-likeness (QED) is 0.471. The minimum absolute atomic E-state index is 0.169. The normalized spacial score (nSPS) is 17.3. The Labute approximate surface area is 196 Å². The Morgan fingerprint density at radius 2 is 1.88 bits per heavy atom. The van der Waals surface area contributed by atoms with Crippen LogP contribution in [-0.2, 0) is 20.8 Å². The topological polar surface area (TPSA) is 110 Å². The lowest BCUT2D eigenvalue weighted by Crippen LogP contribution is -2.47. The van der Waals surface area contributed by atoms with Crippen molar-refractivity contribution < 1.29 is 28.3 Å². The van der Waals surface area contributed by atoms with E-state index >= 15 is 0 Å². The number of carbonyl (C=O) groups excluding carboxylic acids is 3. The van der Waals surface area contributed by atoms with Crippen molar-refractivity contribution in [3.05, 3.63) is 89.9 Å². The molecule has 0 radical (unpaired) electrons. The van der Waals surface area contributed by atoms with Crippen molar-refractivity contribution in [2.75, 3.05) is 25.6 Å². The summed E-state index contributed by atoms with van der Waals surface area (Å²) in [4.78, 5) is 39.8. The van der Waals surface area contributed by atoms with Crippen LogP contribution in [0, 0.1) is 0 Å². The van der Waals surface area contributed by atoms with E-state index in [0.717, 1.165) is 5.56 Å². The molecule has 2 aromatic carbocycles. The fourth-order valence-corrected chi connectivity index (χ4v) is 3.76. The molecule has 3 aromatic rings. The summed E-state index contributed by atoms with van der Waals surface area (Å²) in [5.41, 5.74) is 1.93. The second-order valence-electron chi connectivity index (χ2n) is 7.70. The molecule has 4 rings (SSSR count). The molecule has 34 heavy (non-hydrogen) atoms. The first-order valence-corrected chi connectivity index (χ1v) is 10.8. The van der Waals surface area contributed by atoms with Crippen molar-refractivity contribution in [2.24, 2.45) is 0 Å². The third-order valence-electron chi connectivity index (χ3n) is 5.37. The number of furan rings is 1. The minimum atomic E-state index is -0.902. The molecule has 2 atom stereocenters. The van der Waals surface area contributed by atoms with E-state index < -0.39 is 24.1 Å². The van der Waals surface area contributed by atoms with Gasteiger partial charge in [-0.2, -0.15) is 0 Å². The van der Waals surface area contributed by atoms with E-state index in [4.69, 9.17) is 13.9 Å². The number of anilines is 1. The van der Waals surface area contributed by atoms with Crippen LogP contribution in [0.25, 0.3) is 0 Å². The van der Waals surface area contributed by atoms with E-state index in [1.807, 2.05) is 30.3 Å². The molecular weight excluding hydrogens is 438 g/mol. The zero-order valence-corrected chi connectivity index (χ0v) is 18.6. The molecule has 1 fully saturated rings. The van der Waals surface area contributed by atoms with Gasteiger partial charge in [0, 0.05) is 19.3 Å². The number of methoxy groups -OCH3 is 1. The highest BCUT2D eigenvalue weighted by Crippen LogP contribution is 2.35. The average molecular weight is 463 g/mol. The van der Waals surface area contributed by atoms with E-state index in [1.165, 1.54) is 11.2 Å². The predicted octanol–water partition coefficient (Wildman–Crippen LogP) is 3.36. The lowest BCUT2D eigenvalue weighted by atomic mass is 10.00. The van der Waals surface area contributed by atoms with Crippen LogP contribution in [0.1, 0.15) is 27.8 Å². The molecular formula is C25H25N3O6. The molecule has 0 spiro atoms. The zero-order valence-electron chi connectivity index (χ0n) is 18.6. The standard InChI is InChI=1S/C25H25N3O6/c1-32-14-12-26-24(30)21-22(34-25(31)28(21)16-17-7-3-2-4-8-17)18-9-5-10-19(15-18)27-23(29)20-11-6-13-33-20/h2-11,13,15,21-22H,12,14,16H2,1H3,(H,26,30)(H,27,29). The molecule has 1 aliphatic heterocycles. The maximum Gasteiger partial charge on any atom is 0.411 e. The van der Waals surface area contributed by atoms with Gasteiger partial charge in [0.15, 0.2) is 17.9 Å². The second-order valence-corrected chi connectivity index (χ2v) is 7.70. The van der Waals surface area contributed by atoms with Gasteiger partial charge in [-0.05, 0) is 35.4 Å². The van der Waals surface area contributed by atoms with Crippen LogP contribution in [0.3, 0.4) is 0 Å². The average Bonchev–Trinajstić information content (AvgIpc) is 3.49. The molecule has 1 saturated heterocycles. The number of hydrogen-bond acceptors (Lipinski definition) is 6. The van der Waals surface area contributed by atoms with Crippen LogP contribution in [0.2, 0.25) is 0 Å². The maximum atomic E-state index is 13.1. The summed E-state index contributed by atoms with van der Waals surface area (Å²) in [7, 11) is 1.54. The van der Waals surface area contributed by atoms with Gasteiger partial charge in [-0.3, -0.25) is 14.5 Å². The first-order valence-electron chi connectivity index (χ1n) is 10.8. The minimum Gasteiger partial charge on any atom is -0.459 e. The molecule has 0 aliphatic carbocycles. The Balaban J connectivity index is 1.59. The highest BCUT2D eigenvalue weighted by atomic mass is 16.6. The predicted molar refractivity (Wildman–Crippen MR) is 123 cm³/mol. The van der Waals surface area contributed by atoms with Gasteiger partial charge in [0.05, 0.1) is 19.4 Å². The molecule has 2 unspecified atom stereocenters. The number of benzene rings is 2. The van der Waals surface area contributed by atoms with E-state index in [-0.39, 0.29) is 18.2 Å². The highest BCUT2D eigenvalue weighted by molar-refractivity contribution is 6.02. The Bertz CT molecular complexity index is 1130. The molecule has 0 saturated carbocycles. The fourth-order valence-electron chi connectivity index (χ4n) is 3.76. The third kappa shape index (κ3) is 5.26. The first kappa shape index (κ1) is 23.1. The summed E-state index contributed by atoms with van der Waals surface area (Å²) in [6.45, 7) is 0.851. The fraction of sp³-hybridized carbons (Fsp3) is 0.240. The molecule has 176 valence electrons. The molecule has 1 aliphatic rings. The van der Waals surface area contributed by atoms with Gasteiger partial charge >= 0.3 is 6.09 Å². The van der Waals surface area contributed by atoms with Crippen LogP contribution in [-0.4, -0.2) is 49.1 Å². The van der Waals surface area contributed by atoms with Gasteiger partial charge in [0.1, 0.15) is 0 Å². The Hall–Kier alpha value is -4.11. The summed E-state index contributed by atoms with van der Waals surface area (Å²) in [5.74, 6) is -0.596. The number of carbonyl (C=O) groups is 3. The molecule has 2 heterocycles. The lowest BCUT2D eigenvalue weighted by molar-refractivity contribution is -0.126. The van der Waals surface area contributed by atoms with Crippen molar-refractivity contribution in [3.63, 3.8) is 0 Å². The lowest BCUT2D eigenvalue weighted by Gasteiger charge is -2.24. The van der Waals surface area contributed by atoms with Crippen molar-refractivity contribution in [1.82, 2.24) is 10.2 Å². The van der Waals surface area contributed by atoms with Crippen LogP contribution in [0.5, 0.6) is 0 Å². The summed E-state index contributed by atoms with van der Waals surface area (Å²) in [6.07, 6.45) is -0.0396. The molecule has 0 bridgehead atoms. The van der Waals surface area contributed by atoms with Gasteiger partial charge in [-0.15, -0.1) is 0 Å². The van der Waals surface area contributed by atoms with Crippen LogP contribution in [0.15, 0.2) is 77.4 Å². The van der Waals surface area contributed by atoms with Gasteiger partial charge in [0.25, 0.3) is 5.91 Å². The number of ether oxygens (including phenoxy) is 2.